The first-order chi connectivity index (χ1) is 15.7. The fourth-order valence-corrected chi connectivity index (χ4v) is 4.89. The number of aryl methyl sites for hydroxylation is 2. The number of rotatable bonds is 6. The second-order valence-corrected chi connectivity index (χ2v) is 8.76. The summed E-state index contributed by atoms with van der Waals surface area (Å²) in [6.45, 7) is 8.38. The normalized spacial score (nSPS) is 20.7. The van der Waals surface area contributed by atoms with E-state index in [-0.39, 0.29) is 17.0 Å². The number of nitrogens with zero attached hydrogens (tertiary/aromatic N) is 3. The van der Waals surface area contributed by atoms with Gasteiger partial charge in [0.25, 0.3) is 17.4 Å². The molecule has 4 rings (SSSR count). The number of non-ortho nitro benzene ring substituents is 1. The minimum absolute atomic E-state index is 0.0143. The van der Waals surface area contributed by atoms with E-state index in [1.807, 2.05) is 13.8 Å². The van der Waals surface area contributed by atoms with Crippen LogP contribution in [0.25, 0.3) is 5.76 Å². The van der Waals surface area contributed by atoms with Crippen LogP contribution in [0.1, 0.15) is 47.0 Å². The average Bonchev–Trinajstić information content (AvgIpc) is 3.45. The van der Waals surface area contributed by atoms with Crippen LogP contribution in [0.5, 0.6) is 0 Å². The van der Waals surface area contributed by atoms with Crippen molar-refractivity contribution in [2.45, 2.75) is 39.7 Å². The second kappa shape index (κ2) is 8.82. The fraction of sp³-hybridized carbons (Fsp3) is 0.417. The van der Waals surface area contributed by atoms with Crippen LogP contribution in [0, 0.1) is 30.9 Å². The molecule has 1 amide bonds. The summed E-state index contributed by atoms with van der Waals surface area (Å²) in [5.41, 5.74) is 3.36. The van der Waals surface area contributed by atoms with E-state index in [0.717, 1.165) is 37.2 Å². The van der Waals surface area contributed by atoms with Gasteiger partial charge in [-0.3, -0.25) is 19.7 Å². The number of aliphatic hydroxyl groups is 1. The molecule has 33 heavy (non-hydrogen) atoms. The summed E-state index contributed by atoms with van der Waals surface area (Å²) in [7, 11) is 0. The predicted molar refractivity (Wildman–Crippen MR) is 123 cm³/mol. The summed E-state index contributed by atoms with van der Waals surface area (Å²) < 4.78 is 0. The van der Waals surface area contributed by atoms with Crippen LogP contribution in [0.2, 0.25) is 0 Å². The van der Waals surface area contributed by atoms with Crippen LogP contribution in [0.15, 0.2) is 29.8 Å². The number of nitro benzene ring substituents is 1. The maximum Gasteiger partial charge on any atom is 0.295 e. The highest BCUT2D eigenvalue weighted by molar-refractivity contribution is 6.46. The van der Waals surface area contributed by atoms with Crippen molar-refractivity contribution >= 4 is 23.1 Å². The van der Waals surface area contributed by atoms with Gasteiger partial charge < -0.3 is 19.9 Å². The molecule has 2 N–H and O–H groups in total. The number of carbonyl (C=O) groups excluding carboxylic acids is 2. The minimum atomic E-state index is -0.817. The standard InChI is InChI=1S/C24H28N4O5/c1-14-15(2)25-16(3)19(14)22(29)20-21(17-6-8-18(9-7-17)28(32)33)27(24(31)23(20)30)13-12-26-10-4-5-11-26/h6-9,21,25,29H,4-5,10-13H2,1-3H3/b22-20+. The molecule has 2 aliphatic heterocycles. The number of hydrogen-bond donors (Lipinski definition) is 2. The lowest BCUT2D eigenvalue weighted by Crippen LogP contribution is -2.37. The first-order valence-corrected chi connectivity index (χ1v) is 11.1. The maximum atomic E-state index is 13.2. The summed E-state index contributed by atoms with van der Waals surface area (Å²) in [5, 5.41) is 22.4. The van der Waals surface area contributed by atoms with Crippen LogP contribution in [0.4, 0.5) is 5.69 Å². The Kier molecular flexibility index (Phi) is 6.07. The van der Waals surface area contributed by atoms with E-state index in [1.165, 1.54) is 17.0 Å². The molecule has 3 heterocycles. The number of ketones is 1. The molecule has 0 bridgehead atoms. The lowest BCUT2D eigenvalue weighted by Gasteiger charge is -2.27. The van der Waals surface area contributed by atoms with E-state index >= 15 is 0 Å². The van der Waals surface area contributed by atoms with Crippen LogP contribution in [0.3, 0.4) is 0 Å². The number of benzene rings is 1. The molecule has 0 saturated carbocycles. The number of hydrogen-bond acceptors (Lipinski definition) is 6. The summed E-state index contributed by atoms with van der Waals surface area (Å²) >= 11 is 0. The Morgan fingerprint density at radius 1 is 1.09 bits per heavy atom. The Morgan fingerprint density at radius 3 is 2.27 bits per heavy atom. The number of carbonyl (C=O) groups is 2. The maximum absolute atomic E-state index is 13.2. The van der Waals surface area contributed by atoms with E-state index < -0.39 is 22.7 Å². The van der Waals surface area contributed by atoms with Gasteiger partial charge in [-0.05, 0) is 70.0 Å². The van der Waals surface area contributed by atoms with Gasteiger partial charge >= 0.3 is 0 Å². The Hall–Kier alpha value is -3.46. The average molecular weight is 453 g/mol. The first kappa shape index (κ1) is 22.7. The molecule has 0 aliphatic carbocycles. The van der Waals surface area contributed by atoms with Gasteiger partial charge in [0.15, 0.2) is 0 Å². The van der Waals surface area contributed by atoms with Crippen LogP contribution < -0.4 is 0 Å². The van der Waals surface area contributed by atoms with Crippen molar-refractivity contribution in [3.63, 3.8) is 0 Å². The van der Waals surface area contributed by atoms with Gasteiger partial charge in [0.1, 0.15) is 5.76 Å². The molecule has 1 aromatic heterocycles. The molecule has 2 aromatic rings. The highest BCUT2D eigenvalue weighted by Gasteiger charge is 2.46. The number of aromatic nitrogens is 1. The quantitative estimate of drug-likeness (QED) is 0.228. The van der Waals surface area contributed by atoms with Gasteiger partial charge in [-0.1, -0.05) is 0 Å². The molecule has 2 saturated heterocycles. The number of nitrogens with one attached hydrogen (secondary N) is 1. The molecule has 2 fully saturated rings. The molecule has 0 spiro atoms. The third kappa shape index (κ3) is 4.04. The number of H-pyrrole nitrogens is 1. The molecular formula is C24H28N4O5. The molecule has 2 aliphatic rings. The van der Waals surface area contributed by atoms with Crippen molar-refractivity contribution < 1.29 is 19.6 Å². The zero-order chi connectivity index (χ0) is 23.9. The van der Waals surface area contributed by atoms with Crippen molar-refractivity contribution in [3.8, 4) is 0 Å². The van der Waals surface area contributed by atoms with Crippen molar-refractivity contribution in [1.82, 2.24) is 14.8 Å². The zero-order valence-corrected chi connectivity index (χ0v) is 19.1. The second-order valence-electron chi connectivity index (χ2n) is 8.76. The Bertz CT molecular complexity index is 1140. The van der Waals surface area contributed by atoms with Gasteiger partial charge in [-0.25, -0.2) is 0 Å². The lowest BCUT2D eigenvalue weighted by molar-refractivity contribution is -0.384. The highest BCUT2D eigenvalue weighted by atomic mass is 16.6. The lowest BCUT2D eigenvalue weighted by atomic mass is 9.94. The SMILES string of the molecule is Cc1[nH]c(C)c(/C(O)=C2\C(=O)C(=O)N(CCN3CCCC3)C2c2ccc([N+](=O)[O-])cc2)c1C. The number of aromatic amines is 1. The number of amides is 1. The van der Waals surface area contributed by atoms with Gasteiger partial charge in [0.05, 0.1) is 16.5 Å². The number of aliphatic hydroxyl groups excluding tert-OH is 1. The number of likely N-dealkylation sites (tertiary alicyclic amines) is 2. The van der Waals surface area contributed by atoms with Gasteiger partial charge in [0, 0.05) is 42.2 Å². The van der Waals surface area contributed by atoms with Crippen LogP contribution in [-0.2, 0) is 9.59 Å². The molecule has 1 unspecified atom stereocenters. The largest absolute Gasteiger partial charge is 0.507 e. The van der Waals surface area contributed by atoms with E-state index in [1.54, 1.807) is 19.1 Å². The van der Waals surface area contributed by atoms with E-state index in [2.05, 4.69) is 9.88 Å². The summed E-state index contributed by atoms with van der Waals surface area (Å²) in [6, 6.07) is 4.99. The molecule has 0 radical (unpaired) electrons. The first-order valence-electron chi connectivity index (χ1n) is 11.1. The molecule has 1 aromatic carbocycles. The third-order valence-corrected chi connectivity index (χ3v) is 6.74. The van der Waals surface area contributed by atoms with Gasteiger partial charge in [-0.15, -0.1) is 0 Å². The zero-order valence-electron chi connectivity index (χ0n) is 19.1. The number of nitro groups is 1. The smallest absolute Gasteiger partial charge is 0.295 e. The molecule has 9 heteroatoms. The third-order valence-electron chi connectivity index (χ3n) is 6.74. The number of Topliss-reactive ketones (excluding diaryl/α,β-unsaturated/α-hetero) is 1. The van der Waals surface area contributed by atoms with Crippen molar-refractivity contribution in [3.05, 3.63) is 68.0 Å². The van der Waals surface area contributed by atoms with Crippen LogP contribution >= 0.6 is 0 Å². The summed E-state index contributed by atoms with van der Waals surface area (Å²) in [6.07, 6.45) is 2.21. The monoisotopic (exact) mass is 452 g/mol. The van der Waals surface area contributed by atoms with Crippen LogP contribution in [-0.4, -0.2) is 62.7 Å². The summed E-state index contributed by atoms with van der Waals surface area (Å²) in [4.78, 5) is 43.8. The van der Waals surface area contributed by atoms with Crippen molar-refractivity contribution in [2.24, 2.45) is 0 Å². The van der Waals surface area contributed by atoms with Gasteiger partial charge in [-0.2, -0.15) is 0 Å². The van der Waals surface area contributed by atoms with Gasteiger partial charge in [0.2, 0.25) is 0 Å². The van der Waals surface area contributed by atoms with E-state index in [4.69, 9.17) is 0 Å². The Labute approximate surface area is 191 Å². The summed E-state index contributed by atoms with van der Waals surface area (Å²) in [5.74, 6) is -1.63. The molecular weight excluding hydrogens is 424 g/mol. The van der Waals surface area contributed by atoms with Crippen molar-refractivity contribution in [1.29, 1.82) is 0 Å². The fourth-order valence-electron chi connectivity index (χ4n) is 4.89. The van der Waals surface area contributed by atoms with E-state index in [9.17, 15) is 24.8 Å². The molecule has 1 atom stereocenters. The molecule has 174 valence electrons. The van der Waals surface area contributed by atoms with E-state index in [0.29, 0.717) is 29.9 Å². The minimum Gasteiger partial charge on any atom is -0.507 e. The molecule has 9 nitrogen and oxygen atoms in total. The van der Waals surface area contributed by atoms with Crippen molar-refractivity contribution in [2.75, 3.05) is 26.2 Å². The Balaban J connectivity index is 1.81. The highest BCUT2D eigenvalue weighted by Crippen LogP contribution is 2.41. The topological polar surface area (TPSA) is 120 Å². The predicted octanol–water partition coefficient (Wildman–Crippen LogP) is 3.37. The Morgan fingerprint density at radius 2 is 1.73 bits per heavy atom.